The number of thiazole rings is 1. The van der Waals surface area contributed by atoms with Crippen LogP contribution in [-0.2, 0) is 9.53 Å². The van der Waals surface area contributed by atoms with E-state index in [4.69, 9.17) is 9.84 Å². The number of nitrogens with zero attached hydrogens (tertiary/aromatic N) is 1. The number of carboxylic acid groups (broad SMARTS) is 1. The van der Waals surface area contributed by atoms with Gasteiger partial charge in [-0.2, -0.15) is 0 Å². The fraction of sp³-hybridized carbons (Fsp3) is 0.308. The van der Waals surface area contributed by atoms with Crippen LogP contribution in [0.5, 0.6) is 0 Å². The molecule has 1 aromatic heterocycles. The van der Waals surface area contributed by atoms with E-state index >= 15 is 0 Å². The van der Waals surface area contributed by atoms with E-state index < -0.39 is 12.1 Å². The van der Waals surface area contributed by atoms with Crippen LogP contribution in [-0.4, -0.2) is 40.7 Å². The monoisotopic (exact) mass is 493 g/mol. The molecule has 182 valence electrons. The highest BCUT2D eigenvalue weighted by Gasteiger charge is 2.29. The van der Waals surface area contributed by atoms with Crippen molar-refractivity contribution in [3.63, 3.8) is 0 Å². The fourth-order valence-corrected chi connectivity index (χ4v) is 5.16. The molecule has 9 heteroatoms. The summed E-state index contributed by atoms with van der Waals surface area (Å²) in [6.45, 7) is 3.71. The molecule has 0 saturated carbocycles. The van der Waals surface area contributed by atoms with Crippen molar-refractivity contribution in [1.29, 1.82) is 0 Å². The van der Waals surface area contributed by atoms with Gasteiger partial charge in [-0.15, -0.1) is 0 Å². The van der Waals surface area contributed by atoms with Gasteiger partial charge in [0.1, 0.15) is 11.5 Å². The molecule has 1 unspecified atom stereocenters. The van der Waals surface area contributed by atoms with E-state index in [9.17, 15) is 14.4 Å². The number of fused-ring (bicyclic) bond motifs is 3. The number of carboxylic acids is 1. The molecule has 4 rings (SSSR count). The van der Waals surface area contributed by atoms with Gasteiger partial charge in [0.15, 0.2) is 5.13 Å². The standard InChI is InChI=1S/C26H27N3O5S/c1-15(8-7-13-22(30)31)27-24(32)23-16(2)28-25(35-23)29-26(33)34-14-21-19-11-5-3-9-17(19)18-10-4-6-12-20(18)21/h3-6,9-12,15,21H,7-8,13-14H2,1-2H3,(H,27,32)(H,30,31)(H,28,29,33). The first kappa shape index (κ1) is 24.4. The second kappa shape index (κ2) is 10.7. The molecule has 2 aromatic carbocycles. The van der Waals surface area contributed by atoms with Crippen LogP contribution in [0.3, 0.4) is 0 Å². The molecule has 1 atom stereocenters. The van der Waals surface area contributed by atoms with E-state index in [0.29, 0.717) is 23.4 Å². The SMILES string of the molecule is Cc1nc(NC(=O)OCC2c3ccccc3-c3ccccc32)sc1C(=O)NC(C)CCCC(=O)O. The maximum absolute atomic E-state index is 12.6. The van der Waals surface area contributed by atoms with E-state index in [1.807, 2.05) is 31.2 Å². The number of carbonyl (C=O) groups is 3. The van der Waals surface area contributed by atoms with Crippen molar-refractivity contribution < 1.29 is 24.2 Å². The summed E-state index contributed by atoms with van der Waals surface area (Å²) in [5, 5.41) is 14.5. The molecule has 1 aliphatic carbocycles. The topological polar surface area (TPSA) is 118 Å². The number of aryl methyl sites for hydroxylation is 1. The zero-order valence-electron chi connectivity index (χ0n) is 19.5. The van der Waals surface area contributed by atoms with Gasteiger partial charge in [0.25, 0.3) is 5.91 Å². The maximum atomic E-state index is 12.6. The van der Waals surface area contributed by atoms with Gasteiger partial charge in [-0.25, -0.2) is 9.78 Å². The highest BCUT2D eigenvalue weighted by Crippen LogP contribution is 2.44. The predicted molar refractivity (Wildman–Crippen MR) is 134 cm³/mol. The van der Waals surface area contributed by atoms with E-state index in [1.54, 1.807) is 6.92 Å². The molecule has 8 nitrogen and oxygen atoms in total. The molecule has 1 heterocycles. The van der Waals surface area contributed by atoms with E-state index in [2.05, 4.69) is 39.9 Å². The fourth-order valence-electron chi connectivity index (χ4n) is 4.30. The van der Waals surface area contributed by atoms with Gasteiger partial charge >= 0.3 is 12.1 Å². The summed E-state index contributed by atoms with van der Waals surface area (Å²) in [5.74, 6) is -1.20. The lowest BCUT2D eigenvalue weighted by molar-refractivity contribution is -0.137. The normalized spacial score (nSPS) is 13.0. The average molecular weight is 494 g/mol. The first-order valence-corrected chi connectivity index (χ1v) is 12.3. The first-order chi connectivity index (χ1) is 16.8. The van der Waals surface area contributed by atoms with Crippen LogP contribution in [0, 0.1) is 6.92 Å². The molecular formula is C26H27N3O5S. The molecule has 3 N–H and O–H groups in total. The minimum Gasteiger partial charge on any atom is -0.481 e. The van der Waals surface area contributed by atoms with Crippen molar-refractivity contribution >= 4 is 34.4 Å². The quantitative estimate of drug-likeness (QED) is 0.378. The van der Waals surface area contributed by atoms with Crippen molar-refractivity contribution in [1.82, 2.24) is 10.3 Å². The van der Waals surface area contributed by atoms with Crippen molar-refractivity contribution in [2.45, 2.75) is 45.1 Å². The molecule has 0 aliphatic heterocycles. The molecular weight excluding hydrogens is 466 g/mol. The van der Waals surface area contributed by atoms with Gasteiger partial charge in [-0.3, -0.25) is 14.9 Å². The van der Waals surface area contributed by atoms with Crippen molar-refractivity contribution in [3.8, 4) is 11.1 Å². The van der Waals surface area contributed by atoms with E-state index in [1.165, 1.54) is 0 Å². The molecule has 0 bridgehead atoms. The Bertz CT molecular complexity index is 1210. The smallest absolute Gasteiger partial charge is 0.413 e. The predicted octanol–water partition coefficient (Wildman–Crippen LogP) is 5.19. The number of aliphatic carboxylic acids is 1. The molecule has 35 heavy (non-hydrogen) atoms. The van der Waals surface area contributed by atoms with Gasteiger partial charge in [0, 0.05) is 18.4 Å². The van der Waals surface area contributed by atoms with Crippen molar-refractivity contribution in [3.05, 3.63) is 70.2 Å². The summed E-state index contributed by atoms with van der Waals surface area (Å²) in [5.41, 5.74) is 5.06. The number of nitrogens with one attached hydrogen (secondary N) is 2. The van der Waals surface area contributed by atoms with Gasteiger partial charge in [0.2, 0.25) is 0 Å². The third-order valence-electron chi connectivity index (χ3n) is 5.96. The van der Waals surface area contributed by atoms with E-state index in [-0.39, 0.29) is 36.0 Å². The minimum atomic E-state index is -0.856. The van der Waals surface area contributed by atoms with Crippen molar-refractivity contribution in [2.75, 3.05) is 11.9 Å². The zero-order valence-corrected chi connectivity index (χ0v) is 20.4. The van der Waals surface area contributed by atoms with Crippen LogP contribution in [0.4, 0.5) is 9.93 Å². The lowest BCUT2D eigenvalue weighted by atomic mass is 9.98. The van der Waals surface area contributed by atoms with Crippen molar-refractivity contribution in [2.24, 2.45) is 0 Å². The van der Waals surface area contributed by atoms with Gasteiger partial charge in [-0.05, 0) is 48.9 Å². The molecule has 1 aliphatic rings. The Kier molecular flexibility index (Phi) is 7.45. The van der Waals surface area contributed by atoms with Crippen LogP contribution in [0.2, 0.25) is 0 Å². The summed E-state index contributed by atoms with van der Waals surface area (Å²) in [6, 6.07) is 16.0. The number of benzene rings is 2. The molecule has 0 saturated heterocycles. The summed E-state index contributed by atoms with van der Waals surface area (Å²) >= 11 is 1.07. The Labute approximate surface area is 207 Å². The molecule has 0 fully saturated rings. The van der Waals surface area contributed by atoms with Gasteiger partial charge in [0.05, 0.1) is 5.69 Å². The Morgan fingerprint density at radius 1 is 1.09 bits per heavy atom. The van der Waals surface area contributed by atoms with Crippen LogP contribution in [0.25, 0.3) is 11.1 Å². The Morgan fingerprint density at radius 2 is 1.71 bits per heavy atom. The minimum absolute atomic E-state index is 0.0462. The van der Waals surface area contributed by atoms with Crippen LogP contribution >= 0.6 is 11.3 Å². The maximum Gasteiger partial charge on any atom is 0.413 e. The summed E-state index contributed by atoms with van der Waals surface area (Å²) in [4.78, 5) is 40.5. The first-order valence-electron chi connectivity index (χ1n) is 11.5. The summed E-state index contributed by atoms with van der Waals surface area (Å²) in [6.07, 6.45) is 0.469. The highest BCUT2D eigenvalue weighted by atomic mass is 32.1. The number of ether oxygens (including phenoxy) is 1. The lowest BCUT2D eigenvalue weighted by Gasteiger charge is -2.14. The zero-order chi connectivity index (χ0) is 24.9. The number of hydrogen-bond acceptors (Lipinski definition) is 6. The largest absolute Gasteiger partial charge is 0.481 e. The number of hydrogen-bond donors (Lipinski definition) is 3. The number of carbonyl (C=O) groups excluding carboxylic acids is 2. The van der Waals surface area contributed by atoms with Crippen LogP contribution in [0.15, 0.2) is 48.5 Å². The van der Waals surface area contributed by atoms with Crippen LogP contribution < -0.4 is 10.6 Å². The van der Waals surface area contributed by atoms with Crippen LogP contribution in [0.1, 0.15) is 58.6 Å². The Hall–Kier alpha value is -3.72. The average Bonchev–Trinajstić information content (AvgIpc) is 3.34. The number of amides is 2. The number of anilines is 1. The molecule has 2 amide bonds. The second-order valence-corrected chi connectivity index (χ2v) is 9.54. The van der Waals surface area contributed by atoms with Gasteiger partial charge < -0.3 is 15.2 Å². The Morgan fingerprint density at radius 3 is 2.34 bits per heavy atom. The number of rotatable bonds is 9. The van der Waals surface area contributed by atoms with Gasteiger partial charge in [-0.1, -0.05) is 59.9 Å². The molecule has 0 spiro atoms. The second-order valence-electron chi connectivity index (χ2n) is 8.54. The van der Waals surface area contributed by atoms with E-state index in [0.717, 1.165) is 33.6 Å². The number of aromatic nitrogens is 1. The molecule has 3 aromatic rings. The molecule has 0 radical (unpaired) electrons. The lowest BCUT2D eigenvalue weighted by Crippen LogP contribution is -2.32. The third-order valence-corrected chi connectivity index (χ3v) is 7.03. The summed E-state index contributed by atoms with van der Waals surface area (Å²) < 4.78 is 5.55. The Balaban J connectivity index is 1.34. The highest BCUT2D eigenvalue weighted by molar-refractivity contribution is 7.17. The summed E-state index contributed by atoms with van der Waals surface area (Å²) in [7, 11) is 0. The third kappa shape index (κ3) is 5.68.